The summed E-state index contributed by atoms with van der Waals surface area (Å²) >= 11 is 6.52. The van der Waals surface area contributed by atoms with Crippen molar-refractivity contribution >= 4 is 79.2 Å². The molecular weight excluding hydrogens is 920 g/mol. The minimum atomic E-state index is -1.95. The number of nitrogens with two attached hydrogens (primary N) is 2. The standard InChI is InChI=1S/C36H46Br2N12O10/c1-14(16-5-3-2-4-6-16)24-32(58)44-19(9-15-7-17(37)27(53)18(38)8-15)31(57)49-26(29(55)21-11-43-36(40)47-21)34(60)50-25(28(54)20-10-42-35(39)46-20)33(59)45-22(13-51)30(56)41-12-23(52)48-24/h2-8,14,19-22,24-26,28-29,51,53-55H,9-13H2,1H3,(H,41,56)(H,44,58)(H,45,59)(H,48,52)(H,49,57)(H,50,60)(H3,39,42,46)(H3,40,43,47)/t14?,19-,20?,21?,22+,24+,25-,26+,28?,29?/m1/s1. The third-order valence-corrected chi connectivity index (χ3v) is 11.3. The number of carbonyl (C=O) groups is 6. The lowest BCUT2D eigenvalue weighted by atomic mass is 9.92. The third-order valence-electron chi connectivity index (χ3n) is 10.1. The molecule has 10 atom stereocenters. The number of benzene rings is 2. The summed E-state index contributed by atoms with van der Waals surface area (Å²) in [6, 6.07) is 0.914. The molecule has 22 nitrogen and oxygen atoms in total. The Labute approximate surface area is 359 Å². The van der Waals surface area contributed by atoms with Gasteiger partial charge in [-0.2, -0.15) is 0 Å². The molecule has 1 fully saturated rings. The third kappa shape index (κ3) is 11.2. The second-order valence-electron chi connectivity index (χ2n) is 14.3. The molecule has 5 unspecified atom stereocenters. The first-order chi connectivity index (χ1) is 28.5. The molecule has 0 aromatic heterocycles. The Hall–Kier alpha value is -5.56. The average Bonchev–Trinajstić information content (AvgIpc) is 3.87. The molecule has 3 aliphatic rings. The summed E-state index contributed by atoms with van der Waals surface area (Å²) in [5.41, 5.74) is 12.5. The van der Waals surface area contributed by atoms with Crippen molar-refractivity contribution in [2.45, 2.75) is 73.8 Å². The number of phenols is 1. The van der Waals surface area contributed by atoms with Crippen LogP contribution in [-0.2, 0) is 35.2 Å². The molecule has 2 aromatic carbocycles. The minimum Gasteiger partial charge on any atom is -0.506 e. The van der Waals surface area contributed by atoms with Gasteiger partial charge in [0.15, 0.2) is 11.9 Å². The molecule has 3 aliphatic heterocycles. The summed E-state index contributed by atoms with van der Waals surface area (Å²) in [7, 11) is 0. The van der Waals surface area contributed by atoms with E-state index in [2.05, 4.69) is 84.4 Å². The van der Waals surface area contributed by atoms with E-state index in [0.29, 0.717) is 11.1 Å². The van der Waals surface area contributed by atoms with E-state index in [0.717, 1.165) is 0 Å². The van der Waals surface area contributed by atoms with Crippen LogP contribution in [0.1, 0.15) is 24.0 Å². The second kappa shape index (κ2) is 20.1. The highest BCUT2D eigenvalue weighted by Crippen LogP contribution is 2.34. The van der Waals surface area contributed by atoms with Crippen LogP contribution in [0.5, 0.6) is 5.75 Å². The van der Waals surface area contributed by atoms with Gasteiger partial charge in [-0.3, -0.25) is 38.8 Å². The summed E-state index contributed by atoms with van der Waals surface area (Å²) in [6.07, 6.45) is -3.94. The number of phenolic OH excluding ortho intramolecular Hbond substituents is 1. The first kappa shape index (κ1) is 45.5. The van der Waals surface area contributed by atoms with Crippen molar-refractivity contribution in [1.82, 2.24) is 42.5 Å². The maximum atomic E-state index is 14.5. The lowest BCUT2D eigenvalue weighted by molar-refractivity contribution is -0.139. The Bertz CT molecular complexity index is 2000. The van der Waals surface area contributed by atoms with Gasteiger partial charge >= 0.3 is 0 Å². The molecule has 324 valence electrons. The Morgan fingerprint density at radius 3 is 1.72 bits per heavy atom. The van der Waals surface area contributed by atoms with Crippen LogP contribution in [0.25, 0.3) is 0 Å². The number of hydrogen-bond acceptors (Lipinski definition) is 16. The Morgan fingerprint density at radius 2 is 1.20 bits per heavy atom. The highest BCUT2D eigenvalue weighted by atomic mass is 79.9. The van der Waals surface area contributed by atoms with Crippen molar-refractivity contribution < 1.29 is 49.2 Å². The zero-order valence-electron chi connectivity index (χ0n) is 31.9. The fraction of sp³-hybridized carbons (Fsp3) is 0.444. The largest absolute Gasteiger partial charge is 0.506 e. The molecule has 0 aliphatic carbocycles. The quantitative estimate of drug-likeness (QED) is 0.112. The number of aromatic hydroxyl groups is 1. The van der Waals surface area contributed by atoms with Crippen LogP contribution in [-0.4, -0.2) is 149 Å². The van der Waals surface area contributed by atoms with Crippen molar-refractivity contribution in [2.75, 3.05) is 26.2 Å². The average molecular weight is 967 g/mol. The van der Waals surface area contributed by atoms with E-state index in [4.69, 9.17) is 11.5 Å². The number of aliphatic hydroxyl groups is 3. The van der Waals surface area contributed by atoms with Crippen molar-refractivity contribution in [3.63, 3.8) is 0 Å². The van der Waals surface area contributed by atoms with Gasteiger partial charge in [-0.15, -0.1) is 0 Å². The van der Waals surface area contributed by atoms with Crippen molar-refractivity contribution in [1.29, 1.82) is 0 Å². The van der Waals surface area contributed by atoms with Gasteiger partial charge in [-0.05, 0) is 55.1 Å². The molecule has 0 saturated carbocycles. The monoisotopic (exact) mass is 964 g/mol. The molecular formula is C36H46Br2N12O10. The highest BCUT2D eigenvalue weighted by molar-refractivity contribution is 9.11. The number of rotatable bonds is 9. The highest BCUT2D eigenvalue weighted by Gasteiger charge is 2.43. The van der Waals surface area contributed by atoms with Gasteiger partial charge in [0.05, 0.1) is 47.3 Å². The summed E-state index contributed by atoms with van der Waals surface area (Å²) in [4.78, 5) is 91.6. The van der Waals surface area contributed by atoms with Crippen LogP contribution < -0.4 is 54.0 Å². The van der Waals surface area contributed by atoms with Crippen molar-refractivity contribution in [3.8, 4) is 5.75 Å². The molecule has 5 rings (SSSR count). The number of aliphatic hydroxyl groups excluding tert-OH is 3. The molecule has 60 heavy (non-hydrogen) atoms. The molecule has 0 spiro atoms. The van der Waals surface area contributed by atoms with E-state index in [1.54, 1.807) is 37.3 Å². The number of nitrogens with zero attached hydrogens (tertiary/aromatic N) is 2. The van der Waals surface area contributed by atoms with Crippen LogP contribution in [0.2, 0.25) is 0 Å². The Balaban J connectivity index is 1.58. The number of carbonyl (C=O) groups excluding carboxylic acids is 6. The van der Waals surface area contributed by atoms with Crippen LogP contribution in [0, 0.1) is 0 Å². The van der Waals surface area contributed by atoms with Gasteiger partial charge < -0.3 is 74.4 Å². The Morgan fingerprint density at radius 1 is 0.700 bits per heavy atom. The van der Waals surface area contributed by atoms with Gasteiger partial charge in [0.25, 0.3) is 0 Å². The molecule has 2 aromatic rings. The maximum Gasteiger partial charge on any atom is 0.246 e. The maximum absolute atomic E-state index is 14.5. The second-order valence-corrected chi connectivity index (χ2v) is 16.0. The van der Waals surface area contributed by atoms with Crippen LogP contribution in [0.3, 0.4) is 0 Å². The van der Waals surface area contributed by atoms with Crippen LogP contribution >= 0.6 is 31.9 Å². The Kier molecular flexibility index (Phi) is 15.3. The lowest BCUT2D eigenvalue weighted by Gasteiger charge is -2.33. The molecule has 0 bridgehead atoms. The summed E-state index contributed by atoms with van der Waals surface area (Å²) < 4.78 is 0.466. The predicted octanol–water partition coefficient (Wildman–Crippen LogP) is -4.90. The summed E-state index contributed by atoms with van der Waals surface area (Å²) in [5, 5.41) is 63.5. The van der Waals surface area contributed by atoms with E-state index in [1.807, 2.05) is 0 Å². The molecule has 24 heteroatoms. The van der Waals surface area contributed by atoms with Crippen LogP contribution in [0.15, 0.2) is 61.4 Å². The zero-order valence-corrected chi connectivity index (χ0v) is 35.1. The van der Waals surface area contributed by atoms with Gasteiger partial charge in [0.2, 0.25) is 35.4 Å². The predicted molar refractivity (Wildman–Crippen MR) is 221 cm³/mol. The van der Waals surface area contributed by atoms with E-state index < -0.39 is 109 Å². The number of amides is 6. The van der Waals surface area contributed by atoms with Crippen molar-refractivity contribution in [2.24, 2.45) is 21.5 Å². The summed E-state index contributed by atoms with van der Waals surface area (Å²) in [5.74, 6) is -7.25. The molecule has 16 N–H and O–H groups in total. The van der Waals surface area contributed by atoms with E-state index >= 15 is 0 Å². The van der Waals surface area contributed by atoms with E-state index in [-0.39, 0.29) is 46.1 Å². The molecule has 6 amide bonds. The van der Waals surface area contributed by atoms with E-state index in [1.165, 1.54) is 12.1 Å². The molecule has 1 saturated heterocycles. The van der Waals surface area contributed by atoms with Crippen molar-refractivity contribution in [3.05, 3.63) is 62.5 Å². The normalized spacial score (nSPS) is 27.4. The number of guanidine groups is 2. The fourth-order valence-electron chi connectivity index (χ4n) is 6.70. The molecule has 0 radical (unpaired) electrons. The number of nitrogens with one attached hydrogen (secondary N) is 8. The first-order valence-electron chi connectivity index (χ1n) is 18.6. The van der Waals surface area contributed by atoms with Gasteiger partial charge in [-0.1, -0.05) is 37.3 Å². The smallest absolute Gasteiger partial charge is 0.246 e. The van der Waals surface area contributed by atoms with Gasteiger partial charge in [0.1, 0.15) is 48.2 Å². The van der Waals surface area contributed by atoms with Gasteiger partial charge in [-0.25, -0.2) is 0 Å². The SMILES string of the molecule is CC(c1ccccc1)[C@@H]1NC(=O)CNC(=O)[C@H](CO)NC(=O)[C@@H](C(O)C2CN=C(N)N2)NC(=O)[C@H](C(O)C2CN=C(N)N2)NC(=O)[C@@H](Cc2cc(Br)c(O)c(Br)c2)NC1=O. The zero-order chi connectivity index (χ0) is 43.8. The summed E-state index contributed by atoms with van der Waals surface area (Å²) in [6.45, 7) is -0.373. The number of halogens is 2. The topological polar surface area (TPSA) is 356 Å². The minimum absolute atomic E-state index is 0.0777. The van der Waals surface area contributed by atoms with E-state index in [9.17, 15) is 49.2 Å². The molecule has 3 heterocycles. The fourth-order valence-corrected chi connectivity index (χ4v) is 7.98. The number of aliphatic imine (C=N–C) groups is 2. The lowest BCUT2D eigenvalue weighted by Crippen LogP contribution is -2.67. The first-order valence-corrected chi connectivity index (χ1v) is 20.2. The van der Waals surface area contributed by atoms with Gasteiger partial charge in [0, 0.05) is 12.3 Å². The number of hydrogen-bond donors (Lipinski definition) is 14. The van der Waals surface area contributed by atoms with Crippen LogP contribution in [0.4, 0.5) is 0 Å².